The van der Waals surface area contributed by atoms with Crippen molar-refractivity contribution in [3.63, 3.8) is 0 Å². The molecule has 0 spiro atoms. The first kappa shape index (κ1) is 13.3. The molecule has 1 aliphatic carbocycles. The van der Waals surface area contributed by atoms with Gasteiger partial charge in [-0.05, 0) is 45.4 Å². The van der Waals surface area contributed by atoms with Gasteiger partial charge in [-0.1, -0.05) is 6.42 Å². The molecule has 0 saturated heterocycles. The van der Waals surface area contributed by atoms with Gasteiger partial charge in [0.1, 0.15) is 5.75 Å². The fourth-order valence-corrected chi connectivity index (χ4v) is 3.00. The maximum atomic E-state index is 9.73. The van der Waals surface area contributed by atoms with Crippen LogP contribution in [0, 0.1) is 19.8 Å². The van der Waals surface area contributed by atoms with Gasteiger partial charge in [-0.15, -0.1) is 0 Å². The fraction of sp³-hybridized carbons (Fsp3) is 0.667. The molecule has 2 atom stereocenters. The van der Waals surface area contributed by atoms with Gasteiger partial charge >= 0.3 is 0 Å². The molecule has 0 aromatic carbocycles. The molecule has 0 bridgehead atoms. The number of hydrogen-bond donors (Lipinski definition) is 1. The number of methoxy groups -OCH3 is 1. The molecule has 0 amide bonds. The van der Waals surface area contributed by atoms with Crippen LogP contribution in [0.25, 0.3) is 0 Å². The Morgan fingerprint density at radius 3 is 2.83 bits per heavy atom. The number of hydrogen-bond acceptors (Lipinski definition) is 3. The highest BCUT2D eigenvalue weighted by Crippen LogP contribution is 2.30. The molecule has 1 N–H and O–H groups in total. The SMILES string of the molecule is COc1c(C)cnc(CC2CCCC(O)C2)c1C. The number of aryl methyl sites for hydroxylation is 1. The second kappa shape index (κ2) is 5.70. The Hall–Kier alpha value is -1.09. The third-order valence-electron chi connectivity index (χ3n) is 3.99. The predicted octanol–water partition coefficient (Wildman–Crippen LogP) is 2.80. The fourth-order valence-electron chi connectivity index (χ4n) is 3.00. The van der Waals surface area contributed by atoms with Crippen LogP contribution in [0.2, 0.25) is 0 Å². The maximum absolute atomic E-state index is 9.73. The van der Waals surface area contributed by atoms with E-state index in [1.54, 1.807) is 7.11 Å². The second-order valence-corrected chi connectivity index (χ2v) is 5.44. The van der Waals surface area contributed by atoms with E-state index in [9.17, 15) is 5.11 Å². The Morgan fingerprint density at radius 1 is 1.39 bits per heavy atom. The van der Waals surface area contributed by atoms with E-state index in [-0.39, 0.29) is 6.10 Å². The van der Waals surface area contributed by atoms with E-state index in [2.05, 4.69) is 11.9 Å². The Balaban J connectivity index is 2.14. The lowest BCUT2D eigenvalue weighted by molar-refractivity contribution is 0.101. The summed E-state index contributed by atoms with van der Waals surface area (Å²) in [6.07, 6.45) is 6.94. The average Bonchev–Trinajstić information content (AvgIpc) is 2.34. The molecule has 3 heteroatoms. The summed E-state index contributed by atoms with van der Waals surface area (Å²) < 4.78 is 5.44. The molecule has 0 aliphatic heterocycles. The van der Waals surface area contributed by atoms with E-state index in [0.717, 1.165) is 48.3 Å². The third kappa shape index (κ3) is 2.83. The molecule has 1 saturated carbocycles. The third-order valence-corrected chi connectivity index (χ3v) is 3.99. The van der Waals surface area contributed by atoms with Crippen molar-refractivity contribution in [1.82, 2.24) is 4.98 Å². The van der Waals surface area contributed by atoms with E-state index in [0.29, 0.717) is 5.92 Å². The van der Waals surface area contributed by atoms with Gasteiger partial charge in [0.25, 0.3) is 0 Å². The number of pyridine rings is 1. The molecule has 1 aromatic heterocycles. The van der Waals surface area contributed by atoms with Gasteiger partial charge in [-0.2, -0.15) is 0 Å². The van der Waals surface area contributed by atoms with Gasteiger partial charge < -0.3 is 9.84 Å². The lowest BCUT2D eigenvalue weighted by Gasteiger charge is -2.26. The second-order valence-electron chi connectivity index (χ2n) is 5.44. The van der Waals surface area contributed by atoms with Gasteiger partial charge in [0, 0.05) is 23.0 Å². The van der Waals surface area contributed by atoms with Crippen molar-refractivity contribution < 1.29 is 9.84 Å². The standard InChI is InChI=1S/C15H23NO2/c1-10-9-16-14(11(2)15(10)18-3)8-12-5-4-6-13(17)7-12/h9,12-13,17H,4-8H2,1-3H3. The molecule has 2 unspecified atom stereocenters. The van der Waals surface area contributed by atoms with Crippen molar-refractivity contribution in [2.45, 2.75) is 52.1 Å². The van der Waals surface area contributed by atoms with E-state index < -0.39 is 0 Å². The molecule has 1 fully saturated rings. The number of aromatic nitrogens is 1. The van der Waals surface area contributed by atoms with Crippen molar-refractivity contribution in [1.29, 1.82) is 0 Å². The molecule has 18 heavy (non-hydrogen) atoms. The lowest BCUT2D eigenvalue weighted by Crippen LogP contribution is -2.21. The summed E-state index contributed by atoms with van der Waals surface area (Å²) >= 11 is 0. The highest BCUT2D eigenvalue weighted by Gasteiger charge is 2.22. The summed E-state index contributed by atoms with van der Waals surface area (Å²) in [5.74, 6) is 1.52. The summed E-state index contributed by atoms with van der Waals surface area (Å²) in [6.45, 7) is 4.10. The van der Waals surface area contributed by atoms with Gasteiger partial charge in [-0.3, -0.25) is 4.98 Å². The summed E-state index contributed by atoms with van der Waals surface area (Å²) in [5.41, 5.74) is 3.36. The van der Waals surface area contributed by atoms with Gasteiger partial charge in [0.2, 0.25) is 0 Å². The van der Waals surface area contributed by atoms with E-state index in [4.69, 9.17) is 4.74 Å². The van der Waals surface area contributed by atoms with Gasteiger partial charge in [0.05, 0.1) is 13.2 Å². The molecular weight excluding hydrogens is 226 g/mol. The highest BCUT2D eigenvalue weighted by atomic mass is 16.5. The van der Waals surface area contributed by atoms with Crippen LogP contribution in [0.5, 0.6) is 5.75 Å². The average molecular weight is 249 g/mol. The minimum Gasteiger partial charge on any atom is -0.496 e. The van der Waals surface area contributed by atoms with E-state index in [1.807, 2.05) is 13.1 Å². The number of nitrogens with zero attached hydrogens (tertiary/aromatic N) is 1. The Kier molecular flexibility index (Phi) is 4.23. The lowest BCUT2D eigenvalue weighted by atomic mass is 9.83. The molecule has 100 valence electrons. The smallest absolute Gasteiger partial charge is 0.128 e. The minimum absolute atomic E-state index is 0.114. The molecule has 1 heterocycles. The van der Waals surface area contributed by atoms with Crippen LogP contribution in [-0.2, 0) is 6.42 Å². The summed E-state index contributed by atoms with van der Waals surface area (Å²) in [7, 11) is 1.71. The molecular formula is C15H23NO2. The molecule has 1 aliphatic rings. The zero-order chi connectivity index (χ0) is 13.1. The van der Waals surface area contributed by atoms with Crippen molar-refractivity contribution >= 4 is 0 Å². The van der Waals surface area contributed by atoms with E-state index >= 15 is 0 Å². The zero-order valence-corrected chi connectivity index (χ0v) is 11.6. The van der Waals surface area contributed by atoms with Crippen LogP contribution < -0.4 is 4.74 Å². The largest absolute Gasteiger partial charge is 0.496 e. The van der Waals surface area contributed by atoms with Crippen LogP contribution in [0.3, 0.4) is 0 Å². The first-order chi connectivity index (χ1) is 8.61. The van der Waals surface area contributed by atoms with Crippen LogP contribution in [-0.4, -0.2) is 23.3 Å². The van der Waals surface area contributed by atoms with Crippen LogP contribution >= 0.6 is 0 Å². The number of aliphatic hydroxyl groups is 1. The van der Waals surface area contributed by atoms with Crippen molar-refractivity contribution in [3.05, 3.63) is 23.0 Å². The highest BCUT2D eigenvalue weighted by molar-refractivity contribution is 5.41. The summed E-state index contributed by atoms with van der Waals surface area (Å²) in [5, 5.41) is 9.73. The topological polar surface area (TPSA) is 42.4 Å². The van der Waals surface area contributed by atoms with Crippen molar-refractivity contribution in [3.8, 4) is 5.75 Å². The Bertz CT molecular complexity index is 417. The van der Waals surface area contributed by atoms with Crippen LogP contribution in [0.1, 0.15) is 42.5 Å². The Morgan fingerprint density at radius 2 is 2.17 bits per heavy atom. The molecule has 1 aromatic rings. The first-order valence-corrected chi connectivity index (χ1v) is 6.79. The quantitative estimate of drug-likeness (QED) is 0.895. The van der Waals surface area contributed by atoms with Crippen LogP contribution in [0.4, 0.5) is 0 Å². The summed E-state index contributed by atoms with van der Waals surface area (Å²) in [6, 6.07) is 0. The van der Waals surface area contributed by atoms with Gasteiger partial charge in [0.15, 0.2) is 0 Å². The Labute approximate surface area is 109 Å². The maximum Gasteiger partial charge on any atom is 0.128 e. The minimum atomic E-state index is -0.114. The number of rotatable bonds is 3. The van der Waals surface area contributed by atoms with Crippen molar-refractivity contribution in [2.24, 2.45) is 5.92 Å². The summed E-state index contributed by atoms with van der Waals surface area (Å²) in [4.78, 5) is 4.54. The molecule has 3 nitrogen and oxygen atoms in total. The normalized spacial score (nSPS) is 24.0. The zero-order valence-electron chi connectivity index (χ0n) is 11.6. The molecule has 2 rings (SSSR count). The van der Waals surface area contributed by atoms with Crippen LogP contribution in [0.15, 0.2) is 6.20 Å². The first-order valence-electron chi connectivity index (χ1n) is 6.79. The monoisotopic (exact) mass is 249 g/mol. The number of ether oxygens (including phenoxy) is 1. The van der Waals surface area contributed by atoms with Crippen molar-refractivity contribution in [2.75, 3.05) is 7.11 Å². The van der Waals surface area contributed by atoms with E-state index in [1.165, 1.54) is 6.42 Å². The predicted molar refractivity (Wildman–Crippen MR) is 71.9 cm³/mol. The number of aliphatic hydroxyl groups excluding tert-OH is 1. The molecule has 0 radical (unpaired) electrons. The van der Waals surface area contributed by atoms with Gasteiger partial charge in [-0.25, -0.2) is 0 Å².